The minimum atomic E-state index is -0.245. The maximum atomic E-state index is 13.2. The minimum absolute atomic E-state index is 0.0133. The first kappa shape index (κ1) is 21.9. The van der Waals surface area contributed by atoms with Gasteiger partial charge in [0.2, 0.25) is 11.8 Å². The average Bonchev–Trinajstić information content (AvgIpc) is 3.46. The van der Waals surface area contributed by atoms with E-state index < -0.39 is 0 Å². The summed E-state index contributed by atoms with van der Waals surface area (Å²) < 4.78 is 1.22. The monoisotopic (exact) mass is 462 g/mol. The quantitative estimate of drug-likeness (QED) is 0.572. The summed E-state index contributed by atoms with van der Waals surface area (Å²) in [5, 5.41) is 1.03. The van der Waals surface area contributed by atoms with Gasteiger partial charge in [-0.05, 0) is 36.6 Å². The molecule has 2 saturated heterocycles. The minimum Gasteiger partial charge on any atom is -0.345 e. The van der Waals surface area contributed by atoms with E-state index in [2.05, 4.69) is 30.0 Å². The molecule has 2 aliphatic heterocycles. The number of carbonyl (C=O) groups is 2. The van der Waals surface area contributed by atoms with Crippen molar-refractivity contribution in [2.45, 2.75) is 32.7 Å². The lowest BCUT2D eigenvalue weighted by Gasteiger charge is -2.35. The Morgan fingerprint density at radius 2 is 1.88 bits per heavy atom. The van der Waals surface area contributed by atoms with Crippen LogP contribution >= 0.6 is 11.3 Å². The van der Waals surface area contributed by atoms with Gasteiger partial charge in [-0.3, -0.25) is 9.59 Å². The van der Waals surface area contributed by atoms with E-state index in [1.165, 1.54) is 10.3 Å². The maximum Gasteiger partial charge on any atom is 0.228 e. The molecule has 0 N–H and O–H groups in total. The lowest BCUT2D eigenvalue weighted by molar-refractivity contribution is -0.136. The van der Waals surface area contributed by atoms with E-state index in [4.69, 9.17) is 4.98 Å². The van der Waals surface area contributed by atoms with Crippen LogP contribution in [-0.4, -0.2) is 59.3 Å². The van der Waals surface area contributed by atoms with Gasteiger partial charge in [0.25, 0.3) is 0 Å². The smallest absolute Gasteiger partial charge is 0.228 e. The van der Waals surface area contributed by atoms with Crippen LogP contribution in [0.5, 0.6) is 0 Å². The third-order valence-corrected chi connectivity index (χ3v) is 8.05. The Hall–Kier alpha value is -2.93. The van der Waals surface area contributed by atoms with Crippen LogP contribution in [0.3, 0.4) is 0 Å². The first-order valence-corrected chi connectivity index (χ1v) is 12.6. The van der Waals surface area contributed by atoms with Crippen molar-refractivity contribution in [2.24, 2.45) is 5.92 Å². The number of hydrogen-bond acceptors (Lipinski definition) is 5. The molecule has 0 spiro atoms. The Morgan fingerprint density at radius 3 is 2.61 bits per heavy atom. The van der Waals surface area contributed by atoms with Gasteiger partial charge >= 0.3 is 0 Å². The van der Waals surface area contributed by atoms with Crippen LogP contribution in [0.1, 0.15) is 37.4 Å². The third kappa shape index (κ3) is 4.34. The van der Waals surface area contributed by atoms with Crippen molar-refractivity contribution in [2.75, 3.05) is 37.6 Å². The zero-order chi connectivity index (χ0) is 22.9. The van der Waals surface area contributed by atoms with Gasteiger partial charge < -0.3 is 14.7 Å². The van der Waals surface area contributed by atoms with Gasteiger partial charge in [0.1, 0.15) is 0 Å². The van der Waals surface area contributed by atoms with Crippen molar-refractivity contribution in [1.29, 1.82) is 0 Å². The van der Waals surface area contributed by atoms with Gasteiger partial charge in [0, 0.05) is 39.1 Å². The molecular formula is C26H30N4O2S. The summed E-state index contributed by atoms with van der Waals surface area (Å²) in [6, 6.07) is 16.5. The van der Waals surface area contributed by atoms with E-state index in [1.54, 1.807) is 11.3 Å². The molecule has 0 bridgehead atoms. The highest BCUT2D eigenvalue weighted by atomic mass is 32.1. The number of hydrogen-bond donors (Lipinski definition) is 0. The number of aromatic nitrogens is 1. The highest BCUT2D eigenvalue weighted by Crippen LogP contribution is 2.32. The number of aryl methyl sites for hydroxylation is 1. The lowest BCUT2D eigenvalue weighted by Crippen LogP contribution is -2.50. The van der Waals surface area contributed by atoms with Gasteiger partial charge in [0.15, 0.2) is 5.13 Å². The van der Waals surface area contributed by atoms with Crippen LogP contribution in [0.4, 0.5) is 5.13 Å². The average molecular weight is 463 g/mol. The Morgan fingerprint density at radius 1 is 1.12 bits per heavy atom. The second-order valence-electron chi connectivity index (χ2n) is 9.00. The van der Waals surface area contributed by atoms with Crippen LogP contribution in [0.15, 0.2) is 48.5 Å². The summed E-state index contributed by atoms with van der Waals surface area (Å²) in [6.07, 6.45) is 1.34. The number of anilines is 1. The summed E-state index contributed by atoms with van der Waals surface area (Å²) in [5.41, 5.74) is 3.48. The Balaban J connectivity index is 1.20. The topological polar surface area (TPSA) is 56.8 Å². The molecule has 2 fully saturated rings. The first-order valence-electron chi connectivity index (χ1n) is 11.8. The van der Waals surface area contributed by atoms with E-state index >= 15 is 0 Å². The molecule has 2 unspecified atom stereocenters. The molecule has 0 aliphatic carbocycles. The van der Waals surface area contributed by atoms with Gasteiger partial charge in [-0.25, -0.2) is 4.98 Å². The van der Waals surface area contributed by atoms with Crippen molar-refractivity contribution in [3.05, 3.63) is 59.7 Å². The van der Waals surface area contributed by atoms with Crippen LogP contribution in [0.25, 0.3) is 10.2 Å². The fraction of sp³-hybridized carbons (Fsp3) is 0.423. The van der Waals surface area contributed by atoms with Crippen molar-refractivity contribution in [3.8, 4) is 0 Å². The predicted molar refractivity (Wildman–Crippen MR) is 132 cm³/mol. The molecule has 33 heavy (non-hydrogen) atoms. The number of piperazine rings is 1. The second kappa shape index (κ2) is 9.14. The predicted octanol–water partition coefficient (Wildman–Crippen LogP) is 4.12. The standard InChI is InChI=1S/C26H30N4O2S/c1-3-19-9-10-22-23(15-19)33-26(27-22)29-13-11-28(12-14-29)25(32)21-16-24(31)30(17-21)18(2)20-7-5-4-6-8-20/h4-10,15,18,21H,3,11-14,16-17H2,1-2H3. The Bertz CT molecular complexity index is 1150. The zero-order valence-corrected chi connectivity index (χ0v) is 20.1. The normalized spacial score (nSPS) is 20.0. The van der Waals surface area contributed by atoms with Gasteiger partial charge in [0.05, 0.1) is 22.2 Å². The van der Waals surface area contributed by atoms with Gasteiger partial charge in [-0.2, -0.15) is 0 Å². The highest BCUT2D eigenvalue weighted by Gasteiger charge is 2.39. The SMILES string of the molecule is CCc1ccc2nc(N3CCN(C(=O)C4CC(=O)N(C(C)c5ccccc5)C4)CC3)sc2c1. The van der Waals surface area contributed by atoms with Crippen molar-refractivity contribution >= 4 is 38.5 Å². The van der Waals surface area contributed by atoms with Gasteiger partial charge in [-0.15, -0.1) is 0 Å². The van der Waals surface area contributed by atoms with Crippen molar-refractivity contribution in [3.63, 3.8) is 0 Å². The van der Waals surface area contributed by atoms with Crippen LogP contribution < -0.4 is 4.90 Å². The molecule has 0 radical (unpaired) electrons. The number of carbonyl (C=O) groups excluding carboxylic acids is 2. The number of thiazole rings is 1. The van der Waals surface area contributed by atoms with Crippen molar-refractivity contribution in [1.82, 2.24) is 14.8 Å². The molecule has 7 heteroatoms. The first-order chi connectivity index (χ1) is 16.0. The van der Waals surface area contributed by atoms with E-state index in [0.717, 1.165) is 35.7 Å². The number of benzene rings is 2. The second-order valence-corrected chi connectivity index (χ2v) is 10.0. The molecule has 6 nitrogen and oxygen atoms in total. The zero-order valence-electron chi connectivity index (χ0n) is 19.2. The summed E-state index contributed by atoms with van der Waals surface area (Å²) in [4.78, 5) is 36.8. The molecule has 2 amide bonds. The summed E-state index contributed by atoms with van der Waals surface area (Å²) >= 11 is 1.73. The number of amides is 2. The Labute approximate surface area is 198 Å². The molecule has 2 aromatic carbocycles. The Kier molecular flexibility index (Phi) is 6.06. The molecule has 0 saturated carbocycles. The van der Waals surface area contributed by atoms with E-state index in [0.29, 0.717) is 26.1 Å². The fourth-order valence-electron chi connectivity index (χ4n) is 4.87. The van der Waals surface area contributed by atoms with E-state index in [9.17, 15) is 9.59 Å². The lowest BCUT2D eigenvalue weighted by atomic mass is 10.1. The molecule has 2 atom stereocenters. The highest BCUT2D eigenvalue weighted by molar-refractivity contribution is 7.22. The number of rotatable bonds is 5. The van der Waals surface area contributed by atoms with E-state index in [1.807, 2.05) is 47.1 Å². The summed E-state index contributed by atoms with van der Waals surface area (Å²) in [7, 11) is 0. The van der Waals surface area contributed by atoms with Crippen molar-refractivity contribution < 1.29 is 9.59 Å². The third-order valence-electron chi connectivity index (χ3n) is 6.97. The molecule has 172 valence electrons. The molecule has 2 aliphatic rings. The number of likely N-dealkylation sites (tertiary alicyclic amines) is 1. The fourth-order valence-corrected chi connectivity index (χ4v) is 5.95. The number of nitrogens with zero attached hydrogens (tertiary/aromatic N) is 4. The van der Waals surface area contributed by atoms with Gasteiger partial charge in [-0.1, -0.05) is 54.7 Å². The molecule has 3 heterocycles. The molecular weight excluding hydrogens is 432 g/mol. The van der Waals surface area contributed by atoms with Crippen LogP contribution in [0, 0.1) is 5.92 Å². The maximum absolute atomic E-state index is 13.2. The van der Waals surface area contributed by atoms with Crippen LogP contribution in [0.2, 0.25) is 0 Å². The van der Waals surface area contributed by atoms with E-state index in [-0.39, 0.29) is 23.8 Å². The largest absolute Gasteiger partial charge is 0.345 e. The number of fused-ring (bicyclic) bond motifs is 1. The summed E-state index contributed by atoms with van der Waals surface area (Å²) in [5.74, 6) is -0.0583. The molecule has 3 aromatic rings. The summed E-state index contributed by atoms with van der Waals surface area (Å²) in [6.45, 7) is 7.61. The molecule has 5 rings (SSSR count). The molecule has 1 aromatic heterocycles. The van der Waals surface area contributed by atoms with Crippen LogP contribution in [-0.2, 0) is 16.0 Å².